The van der Waals surface area contributed by atoms with Crippen molar-refractivity contribution >= 4 is 6.08 Å². The number of hydrogen-bond acceptors (Lipinski definition) is 2. The molecule has 0 bridgehead atoms. The van der Waals surface area contributed by atoms with Gasteiger partial charge in [0.15, 0.2) is 5.88 Å². The lowest BCUT2D eigenvalue weighted by Crippen LogP contribution is -2.04. The maximum atomic E-state index is 5.54. The summed E-state index contributed by atoms with van der Waals surface area (Å²) >= 11 is 0. The molecule has 0 atom stereocenters. The van der Waals surface area contributed by atoms with Crippen LogP contribution < -0.4 is 10.5 Å². The molecule has 2 heteroatoms. The average molecular weight is 159 g/mol. The third kappa shape index (κ3) is 1.19. The van der Waals surface area contributed by atoms with E-state index in [1.807, 2.05) is 36.4 Å². The normalized spacial score (nSPS) is 14.2. The van der Waals surface area contributed by atoms with Gasteiger partial charge in [0.1, 0.15) is 5.75 Å². The second-order valence-corrected chi connectivity index (χ2v) is 2.57. The molecule has 60 valence electrons. The summed E-state index contributed by atoms with van der Waals surface area (Å²) in [7, 11) is 0. The Morgan fingerprint density at radius 3 is 2.92 bits per heavy atom. The molecular weight excluding hydrogens is 150 g/mol. The van der Waals surface area contributed by atoms with Crippen molar-refractivity contribution in [1.82, 2.24) is 0 Å². The van der Waals surface area contributed by atoms with E-state index in [1.54, 1.807) is 6.08 Å². The molecule has 0 amide bonds. The van der Waals surface area contributed by atoms with E-state index in [9.17, 15) is 0 Å². The van der Waals surface area contributed by atoms with Gasteiger partial charge >= 0.3 is 0 Å². The molecule has 0 aromatic heterocycles. The van der Waals surface area contributed by atoms with Gasteiger partial charge in [-0.15, -0.1) is 0 Å². The number of fused-ring (bicyclic) bond motifs is 1. The minimum absolute atomic E-state index is 0.427. The first kappa shape index (κ1) is 6.98. The first-order valence-corrected chi connectivity index (χ1v) is 3.77. The van der Waals surface area contributed by atoms with Crippen LogP contribution in [-0.2, 0) is 0 Å². The summed E-state index contributed by atoms with van der Waals surface area (Å²) in [5.74, 6) is 1.23. The Morgan fingerprint density at radius 2 is 2.00 bits per heavy atom. The Bertz CT molecular complexity index is 353. The van der Waals surface area contributed by atoms with E-state index < -0.39 is 0 Å². The Balaban J connectivity index is 2.49. The van der Waals surface area contributed by atoms with Gasteiger partial charge in [-0.05, 0) is 12.1 Å². The van der Waals surface area contributed by atoms with Crippen LogP contribution in [0, 0.1) is 0 Å². The largest absolute Gasteiger partial charge is 0.441 e. The number of rotatable bonds is 0. The summed E-state index contributed by atoms with van der Waals surface area (Å²) in [6.45, 7) is 0. The van der Waals surface area contributed by atoms with Gasteiger partial charge in [-0.3, -0.25) is 0 Å². The Labute approximate surface area is 71.0 Å². The van der Waals surface area contributed by atoms with Crippen LogP contribution in [0.2, 0.25) is 0 Å². The molecule has 1 aromatic carbocycles. The molecule has 2 nitrogen and oxygen atoms in total. The van der Waals surface area contributed by atoms with Crippen molar-refractivity contribution < 1.29 is 4.74 Å². The van der Waals surface area contributed by atoms with Crippen LogP contribution >= 0.6 is 0 Å². The smallest absolute Gasteiger partial charge is 0.190 e. The van der Waals surface area contributed by atoms with E-state index in [1.165, 1.54) is 0 Å². The van der Waals surface area contributed by atoms with E-state index in [0.717, 1.165) is 11.3 Å². The van der Waals surface area contributed by atoms with E-state index >= 15 is 0 Å². The fourth-order valence-electron chi connectivity index (χ4n) is 1.12. The minimum Gasteiger partial charge on any atom is -0.441 e. The quantitative estimate of drug-likeness (QED) is 0.627. The van der Waals surface area contributed by atoms with Gasteiger partial charge < -0.3 is 10.5 Å². The second-order valence-electron chi connectivity index (χ2n) is 2.57. The van der Waals surface area contributed by atoms with Crippen LogP contribution in [0.1, 0.15) is 5.56 Å². The molecular formula is C10H9NO. The van der Waals surface area contributed by atoms with Gasteiger partial charge in [0.25, 0.3) is 0 Å². The highest BCUT2D eigenvalue weighted by atomic mass is 16.5. The highest BCUT2D eigenvalue weighted by Gasteiger charge is 2.02. The SMILES string of the molecule is NC1=CC=Cc2ccccc2O1. The summed E-state index contributed by atoms with van der Waals surface area (Å²) in [6.07, 6.45) is 5.58. The number of hydrogen-bond donors (Lipinski definition) is 1. The Morgan fingerprint density at radius 1 is 1.17 bits per heavy atom. The van der Waals surface area contributed by atoms with Crippen molar-refractivity contribution in [2.24, 2.45) is 5.73 Å². The molecule has 1 aromatic rings. The number of ether oxygens (including phenoxy) is 1. The van der Waals surface area contributed by atoms with Crippen molar-refractivity contribution in [3.8, 4) is 5.75 Å². The number of allylic oxidation sites excluding steroid dienone is 2. The molecule has 2 rings (SSSR count). The fraction of sp³-hybridized carbons (Fsp3) is 0. The molecule has 0 saturated heterocycles. The van der Waals surface area contributed by atoms with Crippen LogP contribution in [0.3, 0.4) is 0 Å². The van der Waals surface area contributed by atoms with E-state index in [2.05, 4.69) is 0 Å². The predicted octanol–water partition coefficient (Wildman–Crippen LogP) is 1.89. The average Bonchev–Trinajstić information content (AvgIpc) is 2.25. The van der Waals surface area contributed by atoms with E-state index in [4.69, 9.17) is 10.5 Å². The maximum absolute atomic E-state index is 5.54. The molecule has 2 N–H and O–H groups in total. The zero-order valence-electron chi connectivity index (χ0n) is 6.53. The van der Waals surface area contributed by atoms with Crippen LogP contribution in [0.25, 0.3) is 6.08 Å². The summed E-state index contributed by atoms with van der Waals surface area (Å²) in [4.78, 5) is 0. The summed E-state index contributed by atoms with van der Waals surface area (Å²) < 4.78 is 5.33. The predicted molar refractivity (Wildman–Crippen MR) is 48.4 cm³/mol. The first-order valence-electron chi connectivity index (χ1n) is 3.77. The van der Waals surface area contributed by atoms with Crippen molar-refractivity contribution in [3.63, 3.8) is 0 Å². The third-order valence-corrected chi connectivity index (χ3v) is 1.68. The highest BCUT2D eigenvalue weighted by molar-refractivity contribution is 5.59. The Kier molecular flexibility index (Phi) is 1.59. The molecule has 0 spiro atoms. The van der Waals surface area contributed by atoms with Gasteiger partial charge in [0, 0.05) is 5.56 Å². The second kappa shape index (κ2) is 2.74. The fourth-order valence-corrected chi connectivity index (χ4v) is 1.12. The topological polar surface area (TPSA) is 35.2 Å². The van der Waals surface area contributed by atoms with E-state index in [-0.39, 0.29) is 0 Å². The zero-order valence-corrected chi connectivity index (χ0v) is 6.53. The molecule has 0 radical (unpaired) electrons. The summed E-state index contributed by atoms with van der Waals surface area (Å²) in [5.41, 5.74) is 6.59. The molecule has 0 saturated carbocycles. The molecule has 1 aliphatic rings. The third-order valence-electron chi connectivity index (χ3n) is 1.68. The van der Waals surface area contributed by atoms with Crippen LogP contribution in [0.5, 0.6) is 5.75 Å². The van der Waals surface area contributed by atoms with E-state index in [0.29, 0.717) is 5.88 Å². The Hall–Kier alpha value is -1.70. The lowest BCUT2D eigenvalue weighted by molar-refractivity contribution is 0.420. The number of nitrogens with two attached hydrogens (primary N) is 1. The lowest BCUT2D eigenvalue weighted by atomic mass is 10.2. The molecule has 1 heterocycles. The van der Waals surface area contributed by atoms with Crippen LogP contribution in [0.4, 0.5) is 0 Å². The van der Waals surface area contributed by atoms with Crippen molar-refractivity contribution in [2.45, 2.75) is 0 Å². The van der Waals surface area contributed by atoms with Gasteiger partial charge in [-0.1, -0.05) is 30.4 Å². The van der Waals surface area contributed by atoms with Crippen molar-refractivity contribution in [1.29, 1.82) is 0 Å². The maximum Gasteiger partial charge on any atom is 0.190 e. The molecule has 12 heavy (non-hydrogen) atoms. The number of benzene rings is 1. The molecule has 0 fully saturated rings. The lowest BCUT2D eigenvalue weighted by Gasteiger charge is -2.05. The van der Waals surface area contributed by atoms with Gasteiger partial charge in [-0.25, -0.2) is 0 Å². The first-order chi connectivity index (χ1) is 5.86. The summed E-state index contributed by atoms with van der Waals surface area (Å²) in [5, 5.41) is 0. The molecule has 0 aliphatic carbocycles. The zero-order chi connectivity index (χ0) is 8.39. The number of para-hydroxylation sites is 1. The van der Waals surface area contributed by atoms with Gasteiger partial charge in [0.2, 0.25) is 0 Å². The van der Waals surface area contributed by atoms with Crippen LogP contribution in [-0.4, -0.2) is 0 Å². The van der Waals surface area contributed by atoms with Gasteiger partial charge in [0.05, 0.1) is 0 Å². The van der Waals surface area contributed by atoms with Gasteiger partial charge in [-0.2, -0.15) is 0 Å². The highest BCUT2D eigenvalue weighted by Crippen LogP contribution is 2.22. The van der Waals surface area contributed by atoms with Crippen LogP contribution in [0.15, 0.2) is 42.3 Å². The monoisotopic (exact) mass is 159 g/mol. The van der Waals surface area contributed by atoms with Crippen molar-refractivity contribution in [3.05, 3.63) is 47.9 Å². The van der Waals surface area contributed by atoms with Crippen molar-refractivity contribution in [2.75, 3.05) is 0 Å². The minimum atomic E-state index is 0.427. The molecule has 0 unspecified atom stereocenters. The summed E-state index contributed by atoms with van der Waals surface area (Å²) in [6, 6.07) is 7.77. The standard InChI is InChI=1S/C10H9NO/c11-10-7-3-5-8-4-1-2-6-9(8)12-10/h1-7H,11H2. The molecule has 1 aliphatic heterocycles.